The number of hydrogen-bond acceptors (Lipinski definition) is 4. The molecule has 0 aliphatic carbocycles. The molecule has 0 spiro atoms. The number of halogens is 2. The normalized spacial score (nSPS) is 10.4. The van der Waals surface area contributed by atoms with Crippen molar-refractivity contribution < 1.29 is 28.2 Å². The smallest absolute Gasteiger partial charge is 0.387 e. The van der Waals surface area contributed by atoms with Crippen LogP contribution in [0.2, 0.25) is 0 Å². The summed E-state index contributed by atoms with van der Waals surface area (Å²) in [7, 11) is 0. The van der Waals surface area contributed by atoms with Crippen LogP contribution in [0.1, 0.15) is 21.5 Å². The third-order valence-electron chi connectivity index (χ3n) is 2.04. The molecule has 0 saturated heterocycles. The topological polar surface area (TPSA) is 87.4 Å². The Morgan fingerprint density at radius 1 is 1.47 bits per heavy atom. The molecule has 0 atom stereocenters. The first kappa shape index (κ1) is 14.3. The highest BCUT2D eigenvalue weighted by Gasteiger charge is 2.14. The maximum absolute atomic E-state index is 12.2. The maximum atomic E-state index is 12.2. The van der Waals surface area contributed by atoms with Gasteiger partial charge in [0.2, 0.25) is 0 Å². The van der Waals surface area contributed by atoms with Gasteiger partial charge in [0, 0.05) is 6.08 Å². The summed E-state index contributed by atoms with van der Waals surface area (Å²) in [6, 6.07) is 3.90. The van der Waals surface area contributed by atoms with Gasteiger partial charge in [-0.2, -0.15) is 14.0 Å². The molecule has 7 heteroatoms. The molecule has 1 rings (SSSR count). The molecular weight excluding hydrogens is 260 g/mol. The fraction of sp³-hybridized carbons (Fsp3) is 0.0833. The number of carbonyl (C=O) groups is 2. The van der Waals surface area contributed by atoms with E-state index >= 15 is 0 Å². The summed E-state index contributed by atoms with van der Waals surface area (Å²) in [5, 5.41) is 17.3. The van der Waals surface area contributed by atoms with E-state index in [9.17, 15) is 18.4 Å². The average molecular weight is 267 g/mol. The summed E-state index contributed by atoms with van der Waals surface area (Å²) >= 11 is 0. The first-order chi connectivity index (χ1) is 8.97. The van der Waals surface area contributed by atoms with Crippen LogP contribution in [0, 0.1) is 11.3 Å². The van der Waals surface area contributed by atoms with Gasteiger partial charge in [0.1, 0.15) is 11.8 Å². The van der Waals surface area contributed by atoms with Crippen LogP contribution in [0.5, 0.6) is 5.75 Å². The lowest BCUT2D eigenvalue weighted by Gasteiger charge is -2.09. The van der Waals surface area contributed by atoms with Crippen LogP contribution in [0.15, 0.2) is 18.2 Å². The highest BCUT2D eigenvalue weighted by Crippen LogP contribution is 2.25. The zero-order chi connectivity index (χ0) is 14.4. The first-order valence-electron chi connectivity index (χ1n) is 4.87. The number of carboxylic acid groups (broad SMARTS) is 1. The van der Waals surface area contributed by atoms with E-state index in [2.05, 4.69) is 4.74 Å². The van der Waals surface area contributed by atoms with E-state index in [4.69, 9.17) is 10.4 Å². The maximum Gasteiger partial charge on any atom is 0.387 e. The number of nitriles is 1. The van der Waals surface area contributed by atoms with Gasteiger partial charge in [-0.05, 0) is 23.8 Å². The second-order valence-electron chi connectivity index (χ2n) is 3.26. The van der Waals surface area contributed by atoms with Gasteiger partial charge in [-0.15, -0.1) is 0 Å². The number of nitrogens with zero attached hydrogens (tertiary/aromatic N) is 1. The predicted molar refractivity (Wildman–Crippen MR) is 59.8 cm³/mol. The van der Waals surface area contributed by atoms with Crippen molar-refractivity contribution in [2.75, 3.05) is 0 Å². The average Bonchev–Trinajstić information content (AvgIpc) is 2.34. The Morgan fingerprint density at radius 3 is 2.63 bits per heavy atom. The number of aldehydes is 1. The molecule has 0 aliphatic rings. The largest absolute Gasteiger partial charge is 0.478 e. The second-order valence-corrected chi connectivity index (χ2v) is 3.26. The lowest BCUT2D eigenvalue weighted by atomic mass is 10.0. The third-order valence-corrected chi connectivity index (χ3v) is 2.04. The summed E-state index contributed by atoms with van der Waals surface area (Å²) in [5.41, 5.74) is -0.339. The van der Waals surface area contributed by atoms with Gasteiger partial charge in [0.25, 0.3) is 0 Å². The summed E-state index contributed by atoms with van der Waals surface area (Å²) in [5.74, 6) is -1.72. The SMILES string of the molecule is N#Cc1cc(/C=C/C(=O)O)cc(OC(F)F)c1C=O. The van der Waals surface area contributed by atoms with Gasteiger partial charge in [-0.25, -0.2) is 4.79 Å². The summed E-state index contributed by atoms with van der Waals surface area (Å²) in [6.07, 6.45) is 2.08. The third kappa shape index (κ3) is 3.89. The van der Waals surface area contributed by atoms with E-state index in [0.717, 1.165) is 18.2 Å². The van der Waals surface area contributed by atoms with E-state index in [1.54, 1.807) is 6.07 Å². The van der Waals surface area contributed by atoms with Crippen molar-refractivity contribution in [2.24, 2.45) is 0 Å². The minimum absolute atomic E-state index is 0.153. The van der Waals surface area contributed by atoms with E-state index in [0.29, 0.717) is 0 Å². The van der Waals surface area contributed by atoms with E-state index in [1.807, 2.05) is 0 Å². The quantitative estimate of drug-likeness (QED) is 0.651. The minimum Gasteiger partial charge on any atom is -0.478 e. The molecule has 0 unspecified atom stereocenters. The molecule has 0 aromatic heterocycles. The first-order valence-corrected chi connectivity index (χ1v) is 4.87. The molecule has 1 aromatic rings. The monoisotopic (exact) mass is 267 g/mol. The van der Waals surface area contributed by atoms with E-state index in [-0.39, 0.29) is 23.0 Å². The van der Waals surface area contributed by atoms with Gasteiger partial charge in [-0.3, -0.25) is 4.79 Å². The van der Waals surface area contributed by atoms with Crippen molar-refractivity contribution in [3.8, 4) is 11.8 Å². The molecule has 0 saturated carbocycles. The van der Waals surface area contributed by atoms with Crippen LogP contribution in [0.4, 0.5) is 8.78 Å². The number of carboxylic acids is 1. The Balaban J connectivity index is 3.34. The van der Waals surface area contributed by atoms with Crippen molar-refractivity contribution in [3.63, 3.8) is 0 Å². The fourth-order valence-electron chi connectivity index (χ4n) is 1.32. The molecule has 1 aromatic carbocycles. The number of benzene rings is 1. The number of carbonyl (C=O) groups excluding carboxylic acids is 1. The van der Waals surface area contributed by atoms with Crippen LogP contribution >= 0.6 is 0 Å². The molecule has 0 fully saturated rings. The standard InChI is InChI=1S/C12H7F2NO4/c13-12(14)19-10-4-7(1-2-11(17)18)3-8(5-15)9(10)6-16/h1-4,6,12H,(H,17,18)/b2-1+. The van der Waals surface area contributed by atoms with Crippen LogP contribution in [0.3, 0.4) is 0 Å². The Labute approximate surface area is 106 Å². The zero-order valence-electron chi connectivity index (χ0n) is 9.34. The number of rotatable bonds is 5. The van der Waals surface area contributed by atoms with Gasteiger partial charge < -0.3 is 9.84 Å². The molecule has 0 aliphatic heterocycles. The Hall–Kier alpha value is -2.75. The highest BCUT2D eigenvalue weighted by atomic mass is 19.3. The Morgan fingerprint density at radius 2 is 2.16 bits per heavy atom. The highest BCUT2D eigenvalue weighted by molar-refractivity contribution is 5.87. The molecule has 0 radical (unpaired) electrons. The van der Waals surface area contributed by atoms with Crippen LogP contribution < -0.4 is 4.74 Å². The zero-order valence-corrected chi connectivity index (χ0v) is 9.34. The van der Waals surface area contributed by atoms with Crippen molar-refractivity contribution in [2.45, 2.75) is 6.61 Å². The number of alkyl halides is 2. The molecule has 0 heterocycles. The van der Waals surface area contributed by atoms with Gasteiger partial charge in [-0.1, -0.05) is 0 Å². The Kier molecular flexibility index (Phi) is 4.71. The van der Waals surface area contributed by atoms with Crippen LogP contribution in [0.25, 0.3) is 6.08 Å². The lowest BCUT2D eigenvalue weighted by molar-refractivity contribution is -0.131. The lowest BCUT2D eigenvalue weighted by Crippen LogP contribution is -2.06. The molecular formula is C12H7F2NO4. The van der Waals surface area contributed by atoms with E-state index < -0.39 is 18.3 Å². The summed E-state index contributed by atoms with van der Waals surface area (Å²) < 4.78 is 28.5. The number of aliphatic carboxylic acids is 1. The molecule has 1 N–H and O–H groups in total. The van der Waals surface area contributed by atoms with Crippen LogP contribution in [-0.4, -0.2) is 24.0 Å². The van der Waals surface area contributed by atoms with Gasteiger partial charge >= 0.3 is 12.6 Å². The molecule has 19 heavy (non-hydrogen) atoms. The molecule has 5 nitrogen and oxygen atoms in total. The van der Waals surface area contributed by atoms with Crippen LogP contribution in [-0.2, 0) is 4.79 Å². The van der Waals surface area contributed by atoms with Gasteiger partial charge in [0.15, 0.2) is 6.29 Å². The van der Waals surface area contributed by atoms with Crippen molar-refractivity contribution in [1.82, 2.24) is 0 Å². The van der Waals surface area contributed by atoms with Gasteiger partial charge in [0.05, 0.1) is 11.1 Å². The summed E-state index contributed by atoms with van der Waals surface area (Å²) in [4.78, 5) is 21.1. The molecule has 0 bridgehead atoms. The van der Waals surface area contributed by atoms with Crippen molar-refractivity contribution in [3.05, 3.63) is 34.9 Å². The predicted octanol–water partition coefficient (Wildman–Crippen LogP) is 2.07. The van der Waals surface area contributed by atoms with Crippen molar-refractivity contribution >= 4 is 18.3 Å². The summed E-state index contributed by atoms with van der Waals surface area (Å²) in [6.45, 7) is -3.16. The number of ether oxygens (including phenoxy) is 1. The molecule has 0 amide bonds. The number of hydrogen-bond donors (Lipinski definition) is 1. The second kappa shape index (κ2) is 6.26. The van der Waals surface area contributed by atoms with Crippen molar-refractivity contribution in [1.29, 1.82) is 5.26 Å². The Bertz CT molecular complexity index is 576. The minimum atomic E-state index is -3.16. The van der Waals surface area contributed by atoms with E-state index in [1.165, 1.54) is 6.07 Å². The fourth-order valence-corrected chi connectivity index (χ4v) is 1.32. The molecule has 98 valence electrons.